The fourth-order valence-corrected chi connectivity index (χ4v) is 2.12. The molecule has 5 heteroatoms. The Morgan fingerprint density at radius 1 is 1.40 bits per heavy atom. The lowest BCUT2D eigenvalue weighted by Crippen LogP contribution is -2.08. The lowest BCUT2D eigenvalue weighted by molar-refractivity contribution is 0.595. The van der Waals surface area contributed by atoms with Gasteiger partial charge in [-0.3, -0.25) is 0 Å². The molecule has 0 saturated carbocycles. The zero-order valence-corrected chi connectivity index (χ0v) is 9.35. The zero-order chi connectivity index (χ0) is 11.5. The van der Waals surface area contributed by atoms with E-state index in [2.05, 4.69) is 0 Å². The summed E-state index contributed by atoms with van der Waals surface area (Å²) in [7, 11) is -3.07. The molecule has 0 heterocycles. The molecule has 0 saturated heterocycles. The summed E-state index contributed by atoms with van der Waals surface area (Å²) < 4.78 is 35.7. The van der Waals surface area contributed by atoms with E-state index in [1.165, 1.54) is 18.2 Å². The van der Waals surface area contributed by atoms with Crippen LogP contribution in [0.1, 0.15) is 18.1 Å². The summed E-state index contributed by atoms with van der Waals surface area (Å²) in [5.41, 5.74) is 6.25. The van der Waals surface area contributed by atoms with Crippen molar-refractivity contribution in [1.82, 2.24) is 0 Å². The van der Waals surface area contributed by atoms with Gasteiger partial charge in [-0.05, 0) is 11.6 Å². The van der Waals surface area contributed by atoms with Gasteiger partial charge in [0.25, 0.3) is 0 Å². The van der Waals surface area contributed by atoms with Crippen LogP contribution in [0.3, 0.4) is 0 Å². The average molecular weight is 231 g/mol. The van der Waals surface area contributed by atoms with Crippen LogP contribution in [0.15, 0.2) is 18.2 Å². The highest BCUT2D eigenvalue weighted by Gasteiger charge is 2.10. The Kier molecular flexibility index (Phi) is 3.82. The van der Waals surface area contributed by atoms with Crippen molar-refractivity contribution in [2.24, 2.45) is 5.73 Å². The minimum absolute atomic E-state index is 0.0588. The van der Waals surface area contributed by atoms with Gasteiger partial charge in [0, 0.05) is 17.9 Å². The van der Waals surface area contributed by atoms with Crippen LogP contribution in [0.25, 0.3) is 0 Å². The highest BCUT2D eigenvalue weighted by Crippen LogP contribution is 2.12. The normalized spacial score (nSPS) is 11.7. The van der Waals surface area contributed by atoms with Gasteiger partial charge in [-0.15, -0.1) is 0 Å². The highest BCUT2D eigenvalue weighted by atomic mass is 32.2. The van der Waals surface area contributed by atoms with Crippen LogP contribution in [0.2, 0.25) is 0 Å². The average Bonchev–Trinajstić information content (AvgIpc) is 2.20. The van der Waals surface area contributed by atoms with E-state index < -0.39 is 15.7 Å². The third-order valence-corrected chi connectivity index (χ3v) is 3.81. The Bertz CT molecular complexity index is 443. The number of nitrogens with two attached hydrogens (primary N) is 1. The molecule has 2 N–H and O–H groups in total. The maximum absolute atomic E-state index is 13.1. The van der Waals surface area contributed by atoms with Gasteiger partial charge in [0.05, 0.1) is 5.75 Å². The number of halogens is 1. The minimum atomic E-state index is -3.07. The maximum atomic E-state index is 13.1. The Balaban J connectivity index is 2.98. The molecule has 0 atom stereocenters. The molecule has 1 rings (SSSR count). The first-order valence-corrected chi connectivity index (χ1v) is 6.48. The lowest BCUT2D eigenvalue weighted by atomic mass is 10.1. The van der Waals surface area contributed by atoms with Crippen LogP contribution in [-0.4, -0.2) is 14.2 Å². The van der Waals surface area contributed by atoms with Gasteiger partial charge in [0.15, 0.2) is 9.84 Å². The lowest BCUT2D eigenvalue weighted by Gasteiger charge is -2.05. The quantitative estimate of drug-likeness (QED) is 0.847. The first kappa shape index (κ1) is 12.1. The SMILES string of the molecule is CCS(=O)(=O)Cc1ccc(F)c(CN)c1. The van der Waals surface area contributed by atoms with Crippen LogP contribution >= 0.6 is 0 Å². The summed E-state index contributed by atoms with van der Waals surface area (Å²) in [5.74, 6) is -0.366. The van der Waals surface area contributed by atoms with Crippen molar-refractivity contribution < 1.29 is 12.8 Å². The van der Waals surface area contributed by atoms with E-state index in [-0.39, 0.29) is 18.1 Å². The molecule has 0 bridgehead atoms. The first-order valence-electron chi connectivity index (χ1n) is 4.66. The smallest absolute Gasteiger partial charge is 0.154 e. The molecular weight excluding hydrogens is 217 g/mol. The monoisotopic (exact) mass is 231 g/mol. The Labute approximate surface area is 89.0 Å². The number of hydrogen-bond donors (Lipinski definition) is 1. The second-order valence-electron chi connectivity index (χ2n) is 3.31. The second kappa shape index (κ2) is 4.72. The molecule has 3 nitrogen and oxygen atoms in total. The van der Waals surface area contributed by atoms with Crippen molar-refractivity contribution in [3.63, 3.8) is 0 Å². The molecular formula is C10H14FNO2S. The first-order chi connectivity index (χ1) is 6.98. The van der Waals surface area contributed by atoms with Gasteiger partial charge in [-0.25, -0.2) is 12.8 Å². The fraction of sp³-hybridized carbons (Fsp3) is 0.400. The summed E-state index contributed by atoms with van der Waals surface area (Å²) in [5, 5.41) is 0. The molecule has 0 aliphatic heterocycles. The third kappa shape index (κ3) is 3.28. The van der Waals surface area contributed by atoms with Crippen molar-refractivity contribution in [3.05, 3.63) is 35.1 Å². The number of rotatable bonds is 4. The molecule has 0 fully saturated rings. The van der Waals surface area contributed by atoms with E-state index in [1.54, 1.807) is 6.92 Å². The fourth-order valence-electron chi connectivity index (χ4n) is 1.23. The number of hydrogen-bond acceptors (Lipinski definition) is 3. The van der Waals surface area contributed by atoms with E-state index in [4.69, 9.17) is 5.73 Å². The molecule has 0 aliphatic carbocycles. The van der Waals surface area contributed by atoms with E-state index in [0.717, 1.165) is 0 Å². The predicted molar refractivity (Wildman–Crippen MR) is 57.5 cm³/mol. The van der Waals surface area contributed by atoms with E-state index >= 15 is 0 Å². The van der Waals surface area contributed by atoms with Crippen LogP contribution < -0.4 is 5.73 Å². The second-order valence-corrected chi connectivity index (χ2v) is 5.66. The summed E-state index contributed by atoms with van der Waals surface area (Å²) in [6.07, 6.45) is 0. The minimum Gasteiger partial charge on any atom is -0.326 e. The molecule has 1 aromatic rings. The topological polar surface area (TPSA) is 60.2 Å². The summed E-state index contributed by atoms with van der Waals surface area (Å²) >= 11 is 0. The molecule has 0 amide bonds. The van der Waals surface area contributed by atoms with Gasteiger partial charge in [0.1, 0.15) is 5.82 Å². The zero-order valence-electron chi connectivity index (χ0n) is 8.53. The molecule has 0 unspecified atom stereocenters. The van der Waals surface area contributed by atoms with Gasteiger partial charge in [-0.1, -0.05) is 19.1 Å². The molecule has 0 aliphatic rings. The summed E-state index contributed by atoms with van der Waals surface area (Å²) in [6, 6.07) is 4.23. The Morgan fingerprint density at radius 2 is 2.07 bits per heavy atom. The van der Waals surface area contributed by atoms with Crippen LogP contribution in [0.5, 0.6) is 0 Å². The van der Waals surface area contributed by atoms with Crippen molar-refractivity contribution in [1.29, 1.82) is 0 Å². The molecule has 0 radical (unpaired) electrons. The van der Waals surface area contributed by atoms with Crippen LogP contribution in [0, 0.1) is 5.82 Å². The van der Waals surface area contributed by atoms with Gasteiger partial charge >= 0.3 is 0 Å². The largest absolute Gasteiger partial charge is 0.326 e. The van der Waals surface area contributed by atoms with E-state index in [1.807, 2.05) is 0 Å². The van der Waals surface area contributed by atoms with Gasteiger partial charge in [0.2, 0.25) is 0 Å². The van der Waals surface area contributed by atoms with E-state index in [0.29, 0.717) is 11.1 Å². The summed E-state index contributed by atoms with van der Waals surface area (Å²) in [4.78, 5) is 0. The Hall–Kier alpha value is -0.940. The van der Waals surface area contributed by atoms with Crippen LogP contribution in [-0.2, 0) is 22.1 Å². The van der Waals surface area contributed by atoms with Gasteiger partial charge in [-0.2, -0.15) is 0 Å². The van der Waals surface area contributed by atoms with E-state index in [9.17, 15) is 12.8 Å². The predicted octanol–water partition coefficient (Wildman–Crippen LogP) is 1.22. The van der Waals surface area contributed by atoms with Crippen molar-refractivity contribution in [3.8, 4) is 0 Å². The number of benzene rings is 1. The van der Waals surface area contributed by atoms with Crippen molar-refractivity contribution >= 4 is 9.84 Å². The molecule has 1 aromatic carbocycles. The molecule has 0 aromatic heterocycles. The standard InChI is InChI=1S/C10H14FNO2S/c1-2-15(13,14)7-8-3-4-10(11)9(5-8)6-12/h3-5H,2,6-7,12H2,1H3. The highest BCUT2D eigenvalue weighted by molar-refractivity contribution is 7.90. The molecule has 0 spiro atoms. The summed E-state index contributed by atoms with van der Waals surface area (Å²) in [6.45, 7) is 1.66. The van der Waals surface area contributed by atoms with Crippen LogP contribution in [0.4, 0.5) is 4.39 Å². The van der Waals surface area contributed by atoms with Crippen molar-refractivity contribution in [2.75, 3.05) is 5.75 Å². The maximum Gasteiger partial charge on any atom is 0.154 e. The van der Waals surface area contributed by atoms with Crippen molar-refractivity contribution in [2.45, 2.75) is 19.2 Å². The third-order valence-electron chi connectivity index (χ3n) is 2.16. The molecule has 84 valence electrons. The Morgan fingerprint density at radius 3 is 2.60 bits per heavy atom. The molecule has 15 heavy (non-hydrogen) atoms. The number of sulfone groups is 1. The van der Waals surface area contributed by atoms with Gasteiger partial charge < -0.3 is 5.73 Å².